The molecule has 0 spiro atoms. The van der Waals surface area contributed by atoms with Gasteiger partial charge in [0.25, 0.3) is 0 Å². The van der Waals surface area contributed by atoms with Crippen LogP contribution < -0.4 is 5.73 Å². The summed E-state index contributed by atoms with van der Waals surface area (Å²) in [4.78, 5) is 3.65. The number of nitrogens with zero attached hydrogens (tertiary/aromatic N) is 1. The van der Waals surface area contributed by atoms with E-state index in [4.69, 9.17) is 5.73 Å². The van der Waals surface area contributed by atoms with Gasteiger partial charge in [0.2, 0.25) is 0 Å². The highest BCUT2D eigenvalue weighted by atomic mass is 32.1. The van der Waals surface area contributed by atoms with Gasteiger partial charge in [-0.2, -0.15) is 0 Å². The van der Waals surface area contributed by atoms with Crippen LogP contribution in [-0.4, -0.2) is 24.5 Å². The van der Waals surface area contributed by atoms with Crippen molar-refractivity contribution in [3.05, 3.63) is 58.0 Å². The number of thiophene rings is 1. The van der Waals surface area contributed by atoms with E-state index in [-0.39, 0.29) is 11.9 Å². The molecule has 1 aromatic heterocycles. The van der Waals surface area contributed by atoms with Crippen molar-refractivity contribution < 1.29 is 4.39 Å². The maximum absolute atomic E-state index is 13.0. The number of benzene rings is 1. The summed E-state index contributed by atoms with van der Waals surface area (Å²) in [6.45, 7) is 2.73. The van der Waals surface area contributed by atoms with Crippen molar-refractivity contribution in [2.24, 2.45) is 5.73 Å². The van der Waals surface area contributed by atoms with Gasteiger partial charge in [0, 0.05) is 23.5 Å². The fraction of sp³-hybridized carbons (Fsp3) is 0.375. The first-order valence-corrected chi connectivity index (χ1v) is 7.69. The highest BCUT2D eigenvalue weighted by molar-refractivity contribution is 7.09. The van der Waals surface area contributed by atoms with Crippen molar-refractivity contribution in [2.75, 3.05) is 13.6 Å². The Hall–Kier alpha value is -1.23. The van der Waals surface area contributed by atoms with Crippen molar-refractivity contribution in [1.29, 1.82) is 0 Å². The molecule has 0 fully saturated rings. The Bertz CT molecular complexity index is 510. The molecule has 0 saturated heterocycles. The Morgan fingerprint density at radius 3 is 2.50 bits per heavy atom. The number of hydrogen-bond donors (Lipinski definition) is 1. The van der Waals surface area contributed by atoms with Gasteiger partial charge in [0.05, 0.1) is 0 Å². The molecule has 1 aromatic carbocycles. The molecule has 0 aliphatic rings. The van der Waals surface area contributed by atoms with Crippen LogP contribution in [0.2, 0.25) is 0 Å². The van der Waals surface area contributed by atoms with Crippen molar-refractivity contribution in [2.45, 2.75) is 25.4 Å². The maximum atomic E-state index is 13.0. The van der Waals surface area contributed by atoms with Gasteiger partial charge in [-0.3, -0.25) is 4.90 Å². The van der Waals surface area contributed by atoms with Gasteiger partial charge in [-0.25, -0.2) is 4.39 Å². The molecular weight excluding hydrogens is 271 g/mol. The van der Waals surface area contributed by atoms with E-state index in [2.05, 4.69) is 36.4 Å². The van der Waals surface area contributed by atoms with Crippen LogP contribution in [0.1, 0.15) is 23.4 Å². The molecule has 4 heteroatoms. The second-order valence-electron chi connectivity index (χ2n) is 5.10. The highest BCUT2D eigenvalue weighted by Gasteiger charge is 2.20. The smallest absolute Gasteiger partial charge is 0.123 e. The van der Waals surface area contributed by atoms with Crippen LogP contribution in [0.25, 0.3) is 0 Å². The molecule has 0 aliphatic carbocycles. The summed E-state index contributed by atoms with van der Waals surface area (Å²) in [5.74, 6) is -0.209. The largest absolute Gasteiger partial charge is 0.329 e. The van der Waals surface area contributed by atoms with E-state index in [1.807, 2.05) is 12.1 Å². The summed E-state index contributed by atoms with van der Waals surface area (Å²) < 4.78 is 13.0. The summed E-state index contributed by atoms with van der Waals surface area (Å²) >= 11 is 1.78. The molecule has 2 unspecified atom stereocenters. The third-order valence-electron chi connectivity index (χ3n) is 3.74. The van der Waals surface area contributed by atoms with Gasteiger partial charge in [0.1, 0.15) is 5.82 Å². The minimum atomic E-state index is -0.209. The average Bonchev–Trinajstić information content (AvgIpc) is 2.94. The Labute approximate surface area is 124 Å². The third-order valence-corrected chi connectivity index (χ3v) is 4.64. The van der Waals surface area contributed by atoms with Gasteiger partial charge < -0.3 is 5.73 Å². The third kappa shape index (κ3) is 3.66. The zero-order valence-electron chi connectivity index (χ0n) is 11.9. The molecule has 0 amide bonds. The predicted octanol–water partition coefficient (Wildman–Crippen LogP) is 3.45. The first-order valence-electron chi connectivity index (χ1n) is 6.81. The normalized spacial score (nSPS) is 14.4. The Morgan fingerprint density at radius 2 is 1.95 bits per heavy atom. The SMILES string of the molecule is CC(Cc1cccs1)N(C)C(CN)c1ccc(F)cc1. The summed E-state index contributed by atoms with van der Waals surface area (Å²) in [6, 6.07) is 11.4. The van der Waals surface area contributed by atoms with Gasteiger partial charge >= 0.3 is 0 Å². The highest BCUT2D eigenvalue weighted by Crippen LogP contribution is 2.23. The van der Waals surface area contributed by atoms with Gasteiger partial charge in [-0.15, -0.1) is 11.3 Å². The van der Waals surface area contributed by atoms with Crippen molar-refractivity contribution in [3.8, 4) is 0 Å². The summed E-state index contributed by atoms with van der Waals surface area (Å²) in [5.41, 5.74) is 6.99. The van der Waals surface area contributed by atoms with E-state index in [1.54, 1.807) is 11.3 Å². The van der Waals surface area contributed by atoms with Crippen molar-refractivity contribution >= 4 is 11.3 Å². The van der Waals surface area contributed by atoms with Crippen LogP contribution in [0.4, 0.5) is 4.39 Å². The Balaban J connectivity index is 2.08. The minimum absolute atomic E-state index is 0.116. The number of rotatable bonds is 6. The molecule has 1 heterocycles. The second-order valence-corrected chi connectivity index (χ2v) is 6.13. The number of likely N-dealkylation sites (N-methyl/N-ethyl adjacent to an activating group) is 1. The molecule has 2 nitrogen and oxygen atoms in total. The van der Waals surface area contributed by atoms with Crippen LogP contribution in [0, 0.1) is 5.82 Å². The zero-order chi connectivity index (χ0) is 14.5. The predicted molar refractivity (Wildman–Crippen MR) is 83.4 cm³/mol. The van der Waals surface area contributed by atoms with Gasteiger partial charge in [-0.05, 0) is 49.5 Å². The number of nitrogens with two attached hydrogens (primary N) is 1. The molecule has 0 saturated carbocycles. The summed E-state index contributed by atoms with van der Waals surface area (Å²) in [7, 11) is 2.08. The van der Waals surface area contributed by atoms with Crippen LogP contribution in [0.15, 0.2) is 41.8 Å². The first-order chi connectivity index (χ1) is 9.61. The summed E-state index contributed by atoms with van der Waals surface area (Å²) in [6.07, 6.45) is 1.01. The molecule has 2 atom stereocenters. The molecule has 108 valence electrons. The fourth-order valence-electron chi connectivity index (χ4n) is 2.39. The van der Waals surface area contributed by atoms with E-state index in [1.165, 1.54) is 17.0 Å². The minimum Gasteiger partial charge on any atom is -0.329 e. The van der Waals surface area contributed by atoms with E-state index in [0.29, 0.717) is 12.6 Å². The molecule has 2 N–H and O–H groups in total. The van der Waals surface area contributed by atoms with Crippen LogP contribution >= 0.6 is 11.3 Å². The van der Waals surface area contributed by atoms with Crippen LogP contribution in [0.5, 0.6) is 0 Å². The molecule has 2 rings (SSSR count). The molecule has 20 heavy (non-hydrogen) atoms. The van der Waals surface area contributed by atoms with Crippen LogP contribution in [0.3, 0.4) is 0 Å². The Kier molecular flexibility index (Phi) is 5.29. The maximum Gasteiger partial charge on any atom is 0.123 e. The van der Waals surface area contributed by atoms with Crippen molar-refractivity contribution in [1.82, 2.24) is 4.90 Å². The number of hydrogen-bond acceptors (Lipinski definition) is 3. The molecule has 0 radical (unpaired) electrons. The second kappa shape index (κ2) is 6.97. The molecule has 0 aliphatic heterocycles. The fourth-order valence-corrected chi connectivity index (χ4v) is 3.22. The van der Waals surface area contributed by atoms with E-state index >= 15 is 0 Å². The van der Waals surface area contributed by atoms with E-state index in [9.17, 15) is 4.39 Å². The van der Waals surface area contributed by atoms with E-state index in [0.717, 1.165) is 12.0 Å². The van der Waals surface area contributed by atoms with Gasteiger partial charge in [-0.1, -0.05) is 18.2 Å². The van der Waals surface area contributed by atoms with E-state index < -0.39 is 0 Å². The lowest BCUT2D eigenvalue weighted by Gasteiger charge is -2.32. The average molecular weight is 292 g/mol. The molecule has 2 aromatic rings. The van der Waals surface area contributed by atoms with Gasteiger partial charge in [0.15, 0.2) is 0 Å². The Morgan fingerprint density at radius 1 is 1.25 bits per heavy atom. The molecular formula is C16H21FN2S. The monoisotopic (exact) mass is 292 g/mol. The number of halogens is 1. The standard InChI is InChI=1S/C16H21FN2S/c1-12(10-15-4-3-9-20-15)19(2)16(11-18)13-5-7-14(17)8-6-13/h3-9,12,16H,10-11,18H2,1-2H3. The van der Waals surface area contributed by atoms with Crippen LogP contribution in [-0.2, 0) is 6.42 Å². The summed E-state index contributed by atoms with van der Waals surface area (Å²) in [5, 5.41) is 2.10. The van der Waals surface area contributed by atoms with Crippen molar-refractivity contribution in [3.63, 3.8) is 0 Å². The zero-order valence-corrected chi connectivity index (χ0v) is 12.7. The lowest BCUT2D eigenvalue weighted by atomic mass is 10.0. The quantitative estimate of drug-likeness (QED) is 0.883. The topological polar surface area (TPSA) is 29.3 Å². The molecule has 0 bridgehead atoms. The lowest BCUT2D eigenvalue weighted by Crippen LogP contribution is -2.38. The lowest BCUT2D eigenvalue weighted by molar-refractivity contribution is 0.188. The first kappa shape index (κ1) is 15.2.